The lowest BCUT2D eigenvalue weighted by Gasteiger charge is -2.55. The Kier molecular flexibility index (Phi) is 5.25. The molecule has 0 spiro atoms. The average molecular weight is 427 g/mol. The SMILES string of the molecule is CCSc1nnc(CNC(=O)C23CC4CC(CC(C4)C2)C3)n1-c1ccccc1OC. The molecule has 4 aliphatic rings. The van der Waals surface area contributed by atoms with E-state index < -0.39 is 0 Å². The molecule has 160 valence electrons. The first-order chi connectivity index (χ1) is 14.6. The summed E-state index contributed by atoms with van der Waals surface area (Å²) in [6.45, 7) is 2.48. The fourth-order valence-corrected chi connectivity index (χ4v) is 7.12. The minimum absolute atomic E-state index is 0.148. The zero-order valence-corrected chi connectivity index (χ0v) is 18.6. The summed E-state index contributed by atoms with van der Waals surface area (Å²) in [7, 11) is 1.67. The Morgan fingerprint density at radius 1 is 1.17 bits per heavy atom. The number of hydrogen-bond acceptors (Lipinski definition) is 5. The van der Waals surface area contributed by atoms with E-state index in [1.165, 1.54) is 19.3 Å². The summed E-state index contributed by atoms with van der Waals surface area (Å²) < 4.78 is 7.60. The molecule has 1 aromatic carbocycles. The van der Waals surface area contributed by atoms with Crippen LogP contribution >= 0.6 is 11.8 Å². The smallest absolute Gasteiger partial charge is 0.226 e. The molecule has 0 radical (unpaired) electrons. The zero-order valence-electron chi connectivity index (χ0n) is 17.8. The molecule has 6 nitrogen and oxygen atoms in total. The maximum absolute atomic E-state index is 13.4. The zero-order chi connectivity index (χ0) is 20.7. The first-order valence-corrected chi connectivity index (χ1v) is 12.1. The summed E-state index contributed by atoms with van der Waals surface area (Å²) in [4.78, 5) is 13.4. The second-order valence-electron chi connectivity index (χ2n) is 9.22. The van der Waals surface area contributed by atoms with Crippen molar-refractivity contribution >= 4 is 17.7 Å². The van der Waals surface area contributed by atoms with Crippen LogP contribution in [0.5, 0.6) is 5.75 Å². The van der Waals surface area contributed by atoms with Gasteiger partial charge in [0.1, 0.15) is 5.75 Å². The van der Waals surface area contributed by atoms with Crippen molar-refractivity contribution in [1.82, 2.24) is 20.1 Å². The molecular formula is C23H30N4O2S. The molecule has 4 bridgehead atoms. The number of rotatable bonds is 7. The molecule has 4 saturated carbocycles. The van der Waals surface area contributed by atoms with Gasteiger partial charge < -0.3 is 10.1 Å². The fraction of sp³-hybridized carbons (Fsp3) is 0.609. The molecule has 4 aliphatic carbocycles. The van der Waals surface area contributed by atoms with Gasteiger partial charge in [0.2, 0.25) is 5.91 Å². The van der Waals surface area contributed by atoms with Crippen molar-refractivity contribution in [3.8, 4) is 11.4 Å². The number of nitrogens with zero attached hydrogens (tertiary/aromatic N) is 3. The third-order valence-electron chi connectivity index (χ3n) is 7.23. The maximum atomic E-state index is 13.4. The fourth-order valence-electron chi connectivity index (χ4n) is 6.43. The van der Waals surface area contributed by atoms with E-state index in [0.717, 1.165) is 65.2 Å². The third-order valence-corrected chi connectivity index (χ3v) is 8.04. The largest absolute Gasteiger partial charge is 0.495 e. The molecule has 1 heterocycles. The van der Waals surface area contributed by atoms with Crippen LogP contribution < -0.4 is 10.1 Å². The van der Waals surface area contributed by atoms with E-state index in [0.29, 0.717) is 6.54 Å². The Morgan fingerprint density at radius 3 is 2.47 bits per heavy atom. The quantitative estimate of drug-likeness (QED) is 0.672. The molecule has 7 heteroatoms. The molecule has 2 aromatic rings. The summed E-state index contributed by atoms with van der Waals surface area (Å²) >= 11 is 1.64. The van der Waals surface area contributed by atoms with Crippen LogP contribution in [0, 0.1) is 23.2 Å². The van der Waals surface area contributed by atoms with Gasteiger partial charge in [-0.2, -0.15) is 0 Å². The number of aromatic nitrogens is 3. The van der Waals surface area contributed by atoms with E-state index in [1.807, 2.05) is 28.8 Å². The number of carbonyl (C=O) groups excluding carboxylic acids is 1. The van der Waals surface area contributed by atoms with Crippen LogP contribution in [0.25, 0.3) is 5.69 Å². The normalized spacial score (nSPS) is 29.2. The van der Waals surface area contributed by atoms with Crippen molar-refractivity contribution in [2.45, 2.75) is 57.1 Å². The molecule has 6 rings (SSSR count). The van der Waals surface area contributed by atoms with E-state index >= 15 is 0 Å². The highest BCUT2D eigenvalue weighted by molar-refractivity contribution is 7.99. The van der Waals surface area contributed by atoms with Crippen LogP contribution in [0.15, 0.2) is 29.4 Å². The van der Waals surface area contributed by atoms with E-state index in [2.05, 4.69) is 22.4 Å². The minimum atomic E-state index is -0.148. The number of ether oxygens (including phenoxy) is 1. The first kappa shape index (κ1) is 19.9. The highest BCUT2D eigenvalue weighted by Crippen LogP contribution is 2.60. The van der Waals surface area contributed by atoms with E-state index in [4.69, 9.17) is 4.74 Å². The van der Waals surface area contributed by atoms with Crippen molar-refractivity contribution in [3.63, 3.8) is 0 Å². The Morgan fingerprint density at radius 2 is 1.83 bits per heavy atom. The van der Waals surface area contributed by atoms with Crippen LogP contribution in [0.3, 0.4) is 0 Å². The lowest BCUT2D eigenvalue weighted by atomic mass is 9.49. The number of carbonyl (C=O) groups is 1. The third kappa shape index (κ3) is 3.41. The summed E-state index contributed by atoms with van der Waals surface area (Å²) in [5.41, 5.74) is 0.755. The Labute approximate surface area is 182 Å². The highest BCUT2D eigenvalue weighted by atomic mass is 32.2. The maximum Gasteiger partial charge on any atom is 0.226 e. The van der Waals surface area contributed by atoms with Gasteiger partial charge in [0.25, 0.3) is 0 Å². The molecule has 30 heavy (non-hydrogen) atoms. The van der Waals surface area contributed by atoms with Crippen molar-refractivity contribution in [1.29, 1.82) is 0 Å². The first-order valence-electron chi connectivity index (χ1n) is 11.1. The molecule has 0 saturated heterocycles. The van der Waals surface area contributed by atoms with Gasteiger partial charge in [0.15, 0.2) is 11.0 Å². The van der Waals surface area contributed by atoms with Gasteiger partial charge in [-0.15, -0.1) is 10.2 Å². The molecule has 0 atom stereocenters. The lowest BCUT2D eigenvalue weighted by Crippen LogP contribution is -2.53. The van der Waals surface area contributed by atoms with Gasteiger partial charge in [-0.25, -0.2) is 0 Å². The summed E-state index contributed by atoms with van der Waals surface area (Å²) in [5.74, 6) is 4.90. The van der Waals surface area contributed by atoms with Gasteiger partial charge in [0.05, 0.1) is 19.3 Å². The van der Waals surface area contributed by atoms with Gasteiger partial charge in [-0.05, 0) is 74.2 Å². The standard InChI is InChI=1S/C23H30N4O2S/c1-3-30-22-26-25-20(27(22)18-6-4-5-7-19(18)29-2)14-24-21(28)23-11-15-8-16(12-23)10-17(9-15)13-23/h4-7,15-17H,3,8-14H2,1-2H3,(H,24,28). The highest BCUT2D eigenvalue weighted by Gasteiger charge is 2.54. The number of benzene rings is 1. The number of methoxy groups -OCH3 is 1. The number of amides is 1. The van der Waals surface area contributed by atoms with E-state index in [-0.39, 0.29) is 11.3 Å². The van der Waals surface area contributed by atoms with Crippen LogP contribution in [0.2, 0.25) is 0 Å². The van der Waals surface area contributed by atoms with Crippen LogP contribution in [0.1, 0.15) is 51.3 Å². The molecule has 1 amide bonds. The number of hydrogen-bond donors (Lipinski definition) is 1. The average Bonchev–Trinajstić information content (AvgIpc) is 3.13. The van der Waals surface area contributed by atoms with Crippen LogP contribution in [-0.4, -0.2) is 33.5 Å². The lowest BCUT2D eigenvalue weighted by molar-refractivity contribution is -0.146. The molecular weight excluding hydrogens is 396 g/mol. The van der Waals surface area contributed by atoms with Gasteiger partial charge >= 0.3 is 0 Å². The van der Waals surface area contributed by atoms with Gasteiger partial charge in [-0.3, -0.25) is 9.36 Å². The Hall–Kier alpha value is -2.02. The van der Waals surface area contributed by atoms with Gasteiger partial charge in [0, 0.05) is 5.41 Å². The van der Waals surface area contributed by atoms with Crippen LogP contribution in [0.4, 0.5) is 0 Å². The summed E-state index contributed by atoms with van der Waals surface area (Å²) in [5, 5.41) is 12.9. The molecule has 0 aliphatic heterocycles. The van der Waals surface area contributed by atoms with E-state index in [1.54, 1.807) is 18.9 Å². The molecule has 1 aromatic heterocycles. The second kappa shape index (κ2) is 7.91. The van der Waals surface area contributed by atoms with Crippen molar-refractivity contribution in [2.24, 2.45) is 23.2 Å². The van der Waals surface area contributed by atoms with Crippen LogP contribution in [-0.2, 0) is 11.3 Å². The number of thioether (sulfide) groups is 1. The molecule has 0 unspecified atom stereocenters. The summed E-state index contributed by atoms with van der Waals surface area (Å²) in [6, 6.07) is 7.88. The predicted molar refractivity (Wildman–Crippen MR) is 117 cm³/mol. The van der Waals surface area contributed by atoms with Gasteiger partial charge in [-0.1, -0.05) is 30.8 Å². The van der Waals surface area contributed by atoms with Crippen molar-refractivity contribution < 1.29 is 9.53 Å². The molecule has 1 N–H and O–H groups in total. The topological polar surface area (TPSA) is 69.0 Å². The summed E-state index contributed by atoms with van der Waals surface area (Å²) in [6.07, 6.45) is 7.23. The Balaban J connectivity index is 1.38. The monoisotopic (exact) mass is 426 g/mol. The Bertz CT molecular complexity index is 906. The number of nitrogens with one attached hydrogen (secondary N) is 1. The van der Waals surface area contributed by atoms with Crippen molar-refractivity contribution in [3.05, 3.63) is 30.1 Å². The predicted octanol–water partition coefficient (Wildman–Crippen LogP) is 4.22. The second-order valence-corrected chi connectivity index (χ2v) is 10.5. The minimum Gasteiger partial charge on any atom is -0.495 e. The van der Waals surface area contributed by atoms with Crippen molar-refractivity contribution in [2.75, 3.05) is 12.9 Å². The van der Waals surface area contributed by atoms with E-state index in [9.17, 15) is 4.79 Å². The number of para-hydroxylation sites is 2. The molecule has 4 fully saturated rings.